The number of hydrogen-bond donors (Lipinski definition) is 1. The fourth-order valence-electron chi connectivity index (χ4n) is 3.05. The van der Waals surface area contributed by atoms with Gasteiger partial charge in [0, 0.05) is 32.0 Å². The topological polar surface area (TPSA) is 29.9 Å². The summed E-state index contributed by atoms with van der Waals surface area (Å²) < 4.78 is 2.29. The molecule has 3 heteroatoms. The van der Waals surface area contributed by atoms with Crippen LogP contribution in [0.25, 0.3) is 11.0 Å². The zero-order valence-electron chi connectivity index (χ0n) is 10.8. The molecule has 0 amide bonds. The van der Waals surface area contributed by atoms with Gasteiger partial charge in [0.25, 0.3) is 0 Å². The number of aromatic nitrogens is 2. The highest BCUT2D eigenvalue weighted by molar-refractivity contribution is 5.77. The van der Waals surface area contributed by atoms with E-state index in [0.29, 0.717) is 11.8 Å². The van der Waals surface area contributed by atoms with Crippen LogP contribution in [0.2, 0.25) is 0 Å². The lowest BCUT2D eigenvalue weighted by atomic mass is 9.85. The molecule has 0 spiro atoms. The Kier molecular flexibility index (Phi) is 2.24. The third kappa shape index (κ3) is 1.43. The SMILES string of the molecule is Cn1c(C2CCC2)nc2cc(C3CNC3)ccc21. The molecule has 1 aliphatic carbocycles. The van der Waals surface area contributed by atoms with Gasteiger partial charge in [-0.2, -0.15) is 0 Å². The van der Waals surface area contributed by atoms with Crippen molar-refractivity contribution >= 4 is 11.0 Å². The zero-order chi connectivity index (χ0) is 12.1. The number of imidazole rings is 1. The summed E-state index contributed by atoms with van der Waals surface area (Å²) in [6.07, 6.45) is 4.00. The molecule has 4 rings (SSSR count). The van der Waals surface area contributed by atoms with Crippen LogP contribution in [0, 0.1) is 0 Å². The molecule has 0 bridgehead atoms. The summed E-state index contributed by atoms with van der Waals surface area (Å²) >= 11 is 0. The zero-order valence-corrected chi connectivity index (χ0v) is 10.8. The lowest BCUT2D eigenvalue weighted by Crippen LogP contribution is -2.39. The van der Waals surface area contributed by atoms with Gasteiger partial charge >= 0.3 is 0 Å². The first-order chi connectivity index (χ1) is 8.83. The number of nitrogens with zero attached hydrogens (tertiary/aromatic N) is 2. The molecule has 1 N–H and O–H groups in total. The van der Waals surface area contributed by atoms with Crippen LogP contribution in [0.3, 0.4) is 0 Å². The van der Waals surface area contributed by atoms with Gasteiger partial charge in [-0.25, -0.2) is 4.98 Å². The van der Waals surface area contributed by atoms with Crippen molar-refractivity contribution in [1.29, 1.82) is 0 Å². The average molecular weight is 241 g/mol. The van der Waals surface area contributed by atoms with Crippen LogP contribution < -0.4 is 5.32 Å². The molecular formula is C15H19N3. The molecule has 2 fully saturated rings. The van der Waals surface area contributed by atoms with Crippen molar-refractivity contribution in [3.05, 3.63) is 29.6 Å². The molecule has 1 saturated carbocycles. The van der Waals surface area contributed by atoms with Crippen molar-refractivity contribution in [2.45, 2.75) is 31.1 Å². The molecule has 0 unspecified atom stereocenters. The third-order valence-corrected chi connectivity index (χ3v) is 4.66. The minimum atomic E-state index is 0.698. The summed E-state index contributed by atoms with van der Waals surface area (Å²) in [6.45, 7) is 2.24. The Labute approximate surface area is 107 Å². The summed E-state index contributed by atoms with van der Waals surface area (Å²) in [6, 6.07) is 6.82. The largest absolute Gasteiger partial charge is 0.331 e. The van der Waals surface area contributed by atoms with Crippen molar-refractivity contribution in [3.8, 4) is 0 Å². The summed E-state index contributed by atoms with van der Waals surface area (Å²) in [5.74, 6) is 2.69. The van der Waals surface area contributed by atoms with Crippen molar-refractivity contribution in [3.63, 3.8) is 0 Å². The van der Waals surface area contributed by atoms with Crippen molar-refractivity contribution in [2.75, 3.05) is 13.1 Å². The lowest BCUT2D eigenvalue weighted by Gasteiger charge is -2.27. The predicted octanol–water partition coefficient (Wildman–Crippen LogP) is 2.53. The van der Waals surface area contributed by atoms with E-state index in [1.165, 1.54) is 41.7 Å². The molecule has 1 saturated heterocycles. The normalized spacial score (nSPS) is 20.9. The van der Waals surface area contributed by atoms with Crippen LogP contribution in [0.4, 0.5) is 0 Å². The van der Waals surface area contributed by atoms with E-state index in [1.807, 2.05) is 0 Å². The Morgan fingerprint density at radius 3 is 2.67 bits per heavy atom. The molecule has 18 heavy (non-hydrogen) atoms. The Morgan fingerprint density at radius 2 is 2.06 bits per heavy atom. The fourth-order valence-corrected chi connectivity index (χ4v) is 3.05. The van der Waals surface area contributed by atoms with Crippen molar-refractivity contribution < 1.29 is 0 Å². The van der Waals surface area contributed by atoms with E-state index >= 15 is 0 Å². The quantitative estimate of drug-likeness (QED) is 0.875. The monoisotopic (exact) mass is 241 g/mol. The third-order valence-electron chi connectivity index (χ3n) is 4.66. The maximum Gasteiger partial charge on any atom is 0.112 e. The van der Waals surface area contributed by atoms with E-state index in [9.17, 15) is 0 Å². The highest BCUT2D eigenvalue weighted by Crippen LogP contribution is 2.37. The van der Waals surface area contributed by atoms with Gasteiger partial charge in [-0.05, 0) is 30.5 Å². The number of benzene rings is 1. The van der Waals surface area contributed by atoms with Gasteiger partial charge < -0.3 is 9.88 Å². The van der Waals surface area contributed by atoms with Gasteiger partial charge in [0.1, 0.15) is 5.82 Å². The summed E-state index contributed by atoms with van der Waals surface area (Å²) in [7, 11) is 2.16. The van der Waals surface area contributed by atoms with Gasteiger partial charge in [-0.1, -0.05) is 12.5 Å². The fraction of sp³-hybridized carbons (Fsp3) is 0.533. The first-order valence-corrected chi connectivity index (χ1v) is 7.00. The molecule has 3 nitrogen and oxygen atoms in total. The number of rotatable bonds is 2. The molecule has 0 atom stereocenters. The summed E-state index contributed by atoms with van der Waals surface area (Å²) in [5.41, 5.74) is 3.91. The standard InChI is InChI=1S/C15H19N3/c1-18-14-6-5-11(12-8-16-9-12)7-13(14)17-15(18)10-3-2-4-10/h5-7,10,12,16H,2-4,8-9H2,1H3. The first-order valence-electron chi connectivity index (χ1n) is 7.00. The van der Waals surface area contributed by atoms with Crippen LogP contribution in [-0.4, -0.2) is 22.6 Å². The lowest BCUT2D eigenvalue weighted by molar-refractivity contribution is 0.395. The highest BCUT2D eigenvalue weighted by atomic mass is 15.1. The molecule has 0 radical (unpaired) electrons. The van der Waals surface area contributed by atoms with Gasteiger partial charge in [0.2, 0.25) is 0 Å². The second kappa shape index (κ2) is 3.82. The van der Waals surface area contributed by atoms with Crippen LogP contribution in [0.15, 0.2) is 18.2 Å². The van der Waals surface area contributed by atoms with Gasteiger partial charge in [-0.15, -0.1) is 0 Å². The minimum Gasteiger partial charge on any atom is -0.331 e. The van der Waals surface area contributed by atoms with Crippen molar-refractivity contribution in [1.82, 2.24) is 14.9 Å². The van der Waals surface area contributed by atoms with E-state index in [0.717, 1.165) is 13.1 Å². The van der Waals surface area contributed by atoms with E-state index < -0.39 is 0 Å². The van der Waals surface area contributed by atoms with E-state index in [2.05, 4.69) is 35.1 Å². The molecular weight excluding hydrogens is 222 g/mol. The molecule has 1 aliphatic heterocycles. The molecule has 1 aromatic heterocycles. The second-order valence-corrected chi connectivity index (χ2v) is 5.76. The molecule has 1 aromatic carbocycles. The van der Waals surface area contributed by atoms with Gasteiger partial charge in [0.15, 0.2) is 0 Å². The number of aryl methyl sites for hydroxylation is 1. The second-order valence-electron chi connectivity index (χ2n) is 5.76. The van der Waals surface area contributed by atoms with Crippen LogP contribution >= 0.6 is 0 Å². The Bertz CT molecular complexity index is 591. The smallest absolute Gasteiger partial charge is 0.112 e. The van der Waals surface area contributed by atoms with E-state index in [-0.39, 0.29) is 0 Å². The Hall–Kier alpha value is -1.35. The molecule has 94 valence electrons. The minimum absolute atomic E-state index is 0.698. The van der Waals surface area contributed by atoms with E-state index in [4.69, 9.17) is 4.98 Å². The summed E-state index contributed by atoms with van der Waals surface area (Å²) in [4.78, 5) is 4.88. The number of nitrogens with one attached hydrogen (secondary N) is 1. The van der Waals surface area contributed by atoms with Crippen LogP contribution in [0.5, 0.6) is 0 Å². The molecule has 2 heterocycles. The number of fused-ring (bicyclic) bond motifs is 1. The maximum absolute atomic E-state index is 4.88. The Morgan fingerprint density at radius 1 is 1.22 bits per heavy atom. The van der Waals surface area contributed by atoms with Crippen LogP contribution in [0.1, 0.15) is 42.5 Å². The average Bonchev–Trinajstić information content (AvgIpc) is 2.51. The Balaban J connectivity index is 1.79. The van der Waals surface area contributed by atoms with Gasteiger partial charge in [-0.3, -0.25) is 0 Å². The molecule has 2 aliphatic rings. The van der Waals surface area contributed by atoms with Gasteiger partial charge in [0.05, 0.1) is 11.0 Å². The predicted molar refractivity (Wildman–Crippen MR) is 72.9 cm³/mol. The van der Waals surface area contributed by atoms with E-state index in [1.54, 1.807) is 0 Å². The maximum atomic E-state index is 4.88. The van der Waals surface area contributed by atoms with Crippen molar-refractivity contribution in [2.24, 2.45) is 7.05 Å². The first kappa shape index (κ1) is 10.6. The summed E-state index contributed by atoms with van der Waals surface area (Å²) in [5, 5.41) is 3.34. The number of hydrogen-bond acceptors (Lipinski definition) is 2. The highest BCUT2D eigenvalue weighted by Gasteiger charge is 2.25. The van der Waals surface area contributed by atoms with Crippen LogP contribution in [-0.2, 0) is 7.05 Å². The molecule has 2 aromatic rings.